The highest BCUT2D eigenvalue weighted by molar-refractivity contribution is 6.31. The van der Waals surface area contributed by atoms with E-state index in [1.165, 1.54) is 11.0 Å². The van der Waals surface area contributed by atoms with E-state index in [1.807, 2.05) is 13.0 Å². The fourth-order valence-corrected chi connectivity index (χ4v) is 2.37. The van der Waals surface area contributed by atoms with E-state index in [2.05, 4.69) is 20.8 Å². The maximum Gasteiger partial charge on any atom is 0.255 e. The van der Waals surface area contributed by atoms with Crippen molar-refractivity contribution in [2.45, 2.75) is 13.3 Å². The van der Waals surface area contributed by atoms with Gasteiger partial charge in [0.05, 0.1) is 18.0 Å². The van der Waals surface area contributed by atoms with Gasteiger partial charge in [-0.15, -0.1) is 5.10 Å². The third-order valence-corrected chi connectivity index (χ3v) is 3.61. The van der Waals surface area contributed by atoms with E-state index in [0.29, 0.717) is 34.3 Å². The molecular formula is C17H16ClN5O2. The van der Waals surface area contributed by atoms with Crippen LogP contribution in [-0.4, -0.2) is 32.7 Å². The molecule has 0 radical (unpaired) electrons. The Bertz CT molecular complexity index is 867. The zero-order chi connectivity index (χ0) is 17.6. The third kappa shape index (κ3) is 4.13. The van der Waals surface area contributed by atoms with Gasteiger partial charge < -0.3 is 10.1 Å². The van der Waals surface area contributed by atoms with Gasteiger partial charge in [0, 0.05) is 10.6 Å². The van der Waals surface area contributed by atoms with Crippen LogP contribution in [0.15, 0.2) is 48.8 Å². The van der Waals surface area contributed by atoms with Crippen LogP contribution in [0.2, 0.25) is 5.02 Å². The van der Waals surface area contributed by atoms with Crippen LogP contribution in [0.4, 0.5) is 5.69 Å². The predicted octanol–water partition coefficient (Wildman–Crippen LogP) is 3.36. The summed E-state index contributed by atoms with van der Waals surface area (Å²) in [5.41, 5.74) is 1.68. The maximum absolute atomic E-state index is 12.6. The van der Waals surface area contributed by atoms with Gasteiger partial charge in [0.1, 0.15) is 12.1 Å². The minimum Gasteiger partial charge on any atom is -0.491 e. The second kappa shape index (κ2) is 7.76. The molecule has 0 aliphatic rings. The smallest absolute Gasteiger partial charge is 0.255 e. The van der Waals surface area contributed by atoms with Crippen LogP contribution >= 0.6 is 11.6 Å². The number of anilines is 1. The van der Waals surface area contributed by atoms with Gasteiger partial charge in [0.15, 0.2) is 0 Å². The number of ether oxygens (including phenoxy) is 1. The third-order valence-electron chi connectivity index (χ3n) is 3.37. The number of nitrogens with zero attached hydrogens (tertiary/aromatic N) is 4. The number of tetrazole rings is 1. The number of halogens is 1. The van der Waals surface area contributed by atoms with Crippen LogP contribution in [0.3, 0.4) is 0 Å². The Balaban J connectivity index is 1.83. The van der Waals surface area contributed by atoms with Crippen LogP contribution in [0.1, 0.15) is 23.7 Å². The Morgan fingerprint density at radius 1 is 1.28 bits per heavy atom. The molecular weight excluding hydrogens is 342 g/mol. The highest BCUT2D eigenvalue weighted by atomic mass is 35.5. The molecule has 1 heterocycles. The molecule has 1 amide bonds. The number of hydrogen-bond donors (Lipinski definition) is 1. The molecule has 0 bridgehead atoms. The van der Waals surface area contributed by atoms with Gasteiger partial charge in [0.25, 0.3) is 5.91 Å². The maximum atomic E-state index is 12.6. The molecule has 128 valence electrons. The van der Waals surface area contributed by atoms with Gasteiger partial charge in [-0.1, -0.05) is 24.6 Å². The van der Waals surface area contributed by atoms with Crippen LogP contribution < -0.4 is 10.1 Å². The number of nitrogens with one attached hydrogen (secondary N) is 1. The van der Waals surface area contributed by atoms with Crippen molar-refractivity contribution in [1.82, 2.24) is 20.2 Å². The lowest BCUT2D eigenvalue weighted by Gasteiger charge is -2.13. The van der Waals surface area contributed by atoms with Crippen LogP contribution in [-0.2, 0) is 0 Å². The van der Waals surface area contributed by atoms with E-state index < -0.39 is 0 Å². The van der Waals surface area contributed by atoms with Crippen molar-refractivity contribution < 1.29 is 9.53 Å². The Labute approximate surface area is 149 Å². The van der Waals surface area contributed by atoms with E-state index in [4.69, 9.17) is 16.3 Å². The predicted molar refractivity (Wildman–Crippen MR) is 94.3 cm³/mol. The standard InChI is InChI=1S/C17H16ClN5O2/c1-2-8-25-16-7-6-13(18)10-15(16)20-17(24)12-4-3-5-14(9-12)23-11-19-21-22-23/h3-7,9-11H,2,8H2,1H3,(H,20,24). The molecule has 7 nitrogen and oxygen atoms in total. The van der Waals surface area contributed by atoms with Gasteiger partial charge in [-0.25, -0.2) is 4.68 Å². The largest absolute Gasteiger partial charge is 0.491 e. The molecule has 8 heteroatoms. The van der Waals surface area contributed by atoms with E-state index in [1.54, 1.807) is 36.4 Å². The van der Waals surface area contributed by atoms with E-state index in [0.717, 1.165) is 6.42 Å². The zero-order valence-corrected chi connectivity index (χ0v) is 14.3. The summed E-state index contributed by atoms with van der Waals surface area (Å²) in [6.07, 6.45) is 2.33. The van der Waals surface area contributed by atoms with Crippen molar-refractivity contribution in [1.29, 1.82) is 0 Å². The molecule has 0 fully saturated rings. The zero-order valence-electron chi connectivity index (χ0n) is 13.5. The molecule has 0 saturated carbocycles. The van der Waals surface area contributed by atoms with Crippen LogP contribution in [0.25, 0.3) is 5.69 Å². The number of hydrogen-bond acceptors (Lipinski definition) is 5. The second-order valence-electron chi connectivity index (χ2n) is 5.25. The average molecular weight is 358 g/mol. The molecule has 0 unspecified atom stereocenters. The van der Waals surface area contributed by atoms with Gasteiger partial charge >= 0.3 is 0 Å². The van der Waals surface area contributed by atoms with Gasteiger partial charge in [-0.05, 0) is 53.2 Å². The summed E-state index contributed by atoms with van der Waals surface area (Å²) in [5, 5.41) is 14.4. The van der Waals surface area contributed by atoms with Crippen molar-refractivity contribution in [3.63, 3.8) is 0 Å². The Hall–Kier alpha value is -2.93. The summed E-state index contributed by atoms with van der Waals surface area (Å²) in [5.74, 6) is 0.301. The molecule has 0 atom stereocenters. The van der Waals surface area contributed by atoms with Gasteiger partial charge in [0.2, 0.25) is 0 Å². The molecule has 0 spiro atoms. The van der Waals surface area contributed by atoms with Crippen molar-refractivity contribution in [2.75, 3.05) is 11.9 Å². The number of benzene rings is 2. The summed E-state index contributed by atoms with van der Waals surface area (Å²) in [6, 6.07) is 12.1. The van der Waals surface area contributed by atoms with Crippen LogP contribution in [0.5, 0.6) is 5.75 Å². The first kappa shape index (κ1) is 16.9. The second-order valence-corrected chi connectivity index (χ2v) is 5.68. The summed E-state index contributed by atoms with van der Waals surface area (Å²) >= 11 is 6.04. The lowest BCUT2D eigenvalue weighted by molar-refractivity contribution is 0.102. The van der Waals surface area contributed by atoms with E-state index in [9.17, 15) is 4.79 Å². The SMILES string of the molecule is CCCOc1ccc(Cl)cc1NC(=O)c1cccc(-n2cnnn2)c1. The quantitative estimate of drug-likeness (QED) is 0.731. The Kier molecular flexibility index (Phi) is 5.25. The molecule has 2 aromatic carbocycles. The molecule has 0 aliphatic heterocycles. The van der Waals surface area contributed by atoms with Crippen molar-refractivity contribution >= 4 is 23.2 Å². The van der Waals surface area contributed by atoms with Gasteiger partial charge in [-0.2, -0.15) is 0 Å². The molecule has 3 rings (SSSR count). The summed E-state index contributed by atoms with van der Waals surface area (Å²) < 4.78 is 7.13. The first-order valence-corrected chi connectivity index (χ1v) is 8.12. The molecule has 1 aromatic heterocycles. The number of carbonyl (C=O) groups excluding carboxylic acids is 1. The number of rotatable bonds is 6. The normalized spacial score (nSPS) is 10.5. The minimum absolute atomic E-state index is 0.279. The number of carbonyl (C=O) groups is 1. The lowest BCUT2D eigenvalue weighted by Crippen LogP contribution is -2.13. The van der Waals surface area contributed by atoms with Crippen LogP contribution in [0, 0.1) is 0 Å². The minimum atomic E-state index is -0.279. The fraction of sp³-hybridized carbons (Fsp3) is 0.176. The molecule has 1 N–H and O–H groups in total. The highest BCUT2D eigenvalue weighted by Crippen LogP contribution is 2.28. The monoisotopic (exact) mass is 357 g/mol. The van der Waals surface area contributed by atoms with Gasteiger partial charge in [-0.3, -0.25) is 4.79 Å². The molecule has 3 aromatic rings. The summed E-state index contributed by atoms with van der Waals surface area (Å²) in [7, 11) is 0. The lowest BCUT2D eigenvalue weighted by atomic mass is 10.2. The molecule has 0 saturated heterocycles. The fourth-order valence-electron chi connectivity index (χ4n) is 2.20. The molecule has 25 heavy (non-hydrogen) atoms. The number of aromatic nitrogens is 4. The first-order chi connectivity index (χ1) is 12.2. The van der Waals surface area contributed by atoms with Crippen molar-refractivity contribution in [3.8, 4) is 11.4 Å². The Morgan fingerprint density at radius 2 is 2.16 bits per heavy atom. The average Bonchev–Trinajstić information content (AvgIpc) is 3.16. The number of amides is 1. The topological polar surface area (TPSA) is 81.9 Å². The highest BCUT2D eigenvalue weighted by Gasteiger charge is 2.12. The van der Waals surface area contributed by atoms with Crippen molar-refractivity contribution in [3.05, 3.63) is 59.4 Å². The Morgan fingerprint density at radius 3 is 2.92 bits per heavy atom. The summed E-state index contributed by atoms with van der Waals surface area (Å²) in [4.78, 5) is 12.6. The van der Waals surface area contributed by atoms with E-state index >= 15 is 0 Å². The van der Waals surface area contributed by atoms with E-state index in [-0.39, 0.29) is 5.91 Å². The first-order valence-electron chi connectivity index (χ1n) is 7.74. The summed E-state index contributed by atoms with van der Waals surface area (Å²) in [6.45, 7) is 2.57. The molecule has 0 aliphatic carbocycles. The van der Waals surface area contributed by atoms with Crippen molar-refractivity contribution in [2.24, 2.45) is 0 Å².